The van der Waals surface area contributed by atoms with Gasteiger partial charge in [-0.25, -0.2) is 4.39 Å². The van der Waals surface area contributed by atoms with Gasteiger partial charge >= 0.3 is 0 Å². The summed E-state index contributed by atoms with van der Waals surface area (Å²) in [5, 5.41) is 2.53. The van der Waals surface area contributed by atoms with E-state index in [1.807, 2.05) is 0 Å². The van der Waals surface area contributed by atoms with Crippen molar-refractivity contribution in [1.82, 2.24) is 9.29 Å². The number of sulfonamides is 1. The summed E-state index contributed by atoms with van der Waals surface area (Å²) in [5.74, 6) is -1.64. The molecule has 9 heteroatoms. The quantitative estimate of drug-likeness (QED) is 0.613. The second-order valence-electron chi connectivity index (χ2n) is 6.07. The van der Waals surface area contributed by atoms with E-state index < -0.39 is 27.0 Å². The Hall–Kier alpha value is -2.36. The van der Waals surface area contributed by atoms with E-state index in [9.17, 15) is 22.7 Å². The van der Waals surface area contributed by atoms with Crippen LogP contribution in [-0.2, 0) is 14.6 Å². The van der Waals surface area contributed by atoms with Crippen LogP contribution in [0, 0.1) is 19.7 Å². The highest BCUT2D eigenvalue weighted by molar-refractivity contribution is 7.95. The first-order chi connectivity index (χ1) is 12.0. The largest absolute Gasteiger partial charge is 0.593 e. The number of ketones is 1. The van der Waals surface area contributed by atoms with E-state index in [2.05, 4.69) is 10.3 Å². The lowest BCUT2D eigenvalue weighted by Crippen LogP contribution is -2.30. The van der Waals surface area contributed by atoms with Crippen molar-refractivity contribution in [3.05, 3.63) is 46.5 Å². The average molecular weight is 381 g/mol. The summed E-state index contributed by atoms with van der Waals surface area (Å²) in [6.45, 7) is 4.73. The molecule has 2 N–H and O–H groups in total. The number of nitrogens with zero attached hydrogens (tertiary/aromatic N) is 1. The lowest BCUT2D eigenvalue weighted by molar-refractivity contribution is 0.101. The molecule has 1 unspecified atom stereocenters. The summed E-state index contributed by atoms with van der Waals surface area (Å²) in [5.41, 5.74) is 1.80. The van der Waals surface area contributed by atoms with Gasteiger partial charge in [0.25, 0.3) is 5.91 Å². The van der Waals surface area contributed by atoms with Crippen LogP contribution in [-0.4, -0.2) is 39.6 Å². The maximum absolute atomic E-state index is 13.9. The molecule has 7 nitrogen and oxygen atoms in total. The normalized spacial score (nSPS) is 13.5. The van der Waals surface area contributed by atoms with Gasteiger partial charge < -0.3 is 14.9 Å². The predicted molar refractivity (Wildman–Crippen MR) is 95.4 cm³/mol. The Labute approximate surface area is 152 Å². The molecule has 0 fully saturated rings. The van der Waals surface area contributed by atoms with Crippen molar-refractivity contribution in [3.63, 3.8) is 0 Å². The third kappa shape index (κ3) is 3.59. The number of aromatic nitrogens is 1. The Morgan fingerprint density at radius 3 is 2.38 bits per heavy atom. The SMILES string of the molecule is CC(=O)c1c(C)[nH]c(C(=O)Nc2ccc(F)c([S+](=O)([O-])N(C)C)c2)c1C. The number of carbonyl (C=O) groups excluding carboxylic acids is 2. The van der Waals surface area contributed by atoms with Crippen LogP contribution >= 0.6 is 0 Å². The molecule has 2 rings (SSSR count). The minimum atomic E-state index is -4.00. The maximum Gasteiger partial charge on any atom is 0.272 e. The number of hydrogen-bond acceptors (Lipinski definition) is 4. The van der Waals surface area contributed by atoms with Crippen LogP contribution in [0.2, 0.25) is 0 Å². The Morgan fingerprint density at radius 2 is 1.88 bits per heavy atom. The lowest BCUT2D eigenvalue weighted by Gasteiger charge is -2.20. The third-order valence-corrected chi connectivity index (χ3v) is 5.79. The van der Waals surface area contributed by atoms with Crippen LogP contribution in [0.5, 0.6) is 0 Å². The molecule has 0 saturated heterocycles. The summed E-state index contributed by atoms with van der Waals surface area (Å²) in [7, 11) is -1.43. The second-order valence-corrected chi connectivity index (χ2v) is 8.19. The molecule has 1 atom stereocenters. The van der Waals surface area contributed by atoms with Crippen molar-refractivity contribution in [2.24, 2.45) is 0 Å². The fraction of sp³-hybridized carbons (Fsp3) is 0.294. The molecule has 2 aromatic rings. The van der Waals surface area contributed by atoms with Crippen LogP contribution in [0.15, 0.2) is 23.1 Å². The van der Waals surface area contributed by atoms with E-state index in [1.165, 1.54) is 27.1 Å². The number of aryl methyl sites for hydroxylation is 1. The third-order valence-electron chi connectivity index (χ3n) is 3.96. The Balaban J connectivity index is 2.38. The first-order valence-corrected chi connectivity index (χ1v) is 9.14. The van der Waals surface area contributed by atoms with E-state index in [0.29, 0.717) is 16.8 Å². The van der Waals surface area contributed by atoms with Crippen LogP contribution in [0.1, 0.15) is 39.0 Å². The number of carbonyl (C=O) groups is 2. The number of Topliss-reactive ketones (excluding diaryl/α,β-unsaturated/α-hetero) is 1. The molecule has 0 spiro atoms. The summed E-state index contributed by atoms with van der Waals surface area (Å²) in [4.78, 5) is 26.5. The Kier molecular flexibility index (Phi) is 5.45. The zero-order valence-electron chi connectivity index (χ0n) is 15.1. The fourth-order valence-corrected chi connectivity index (χ4v) is 3.66. The van der Waals surface area contributed by atoms with Crippen molar-refractivity contribution in [1.29, 1.82) is 0 Å². The molecule has 0 bridgehead atoms. The highest BCUT2D eigenvalue weighted by Gasteiger charge is 2.28. The molecular formula is C17H20FN3O4S. The molecule has 0 aliphatic rings. The molecule has 0 saturated carbocycles. The molecule has 140 valence electrons. The Bertz CT molecular complexity index is 936. The Morgan fingerprint density at radius 1 is 1.27 bits per heavy atom. The zero-order chi connectivity index (χ0) is 19.8. The fourth-order valence-electron chi connectivity index (χ4n) is 2.67. The first kappa shape index (κ1) is 20.0. The molecule has 1 heterocycles. The van der Waals surface area contributed by atoms with Gasteiger partial charge in [0.2, 0.25) is 4.90 Å². The summed E-state index contributed by atoms with van der Waals surface area (Å²) in [6, 6.07) is 3.29. The number of rotatable bonds is 5. The van der Waals surface area contributed by atoms with E-state index in [1.54, 1.807) is 13.8 Å². The predicted octanol–water partition coefficient (Wildman–Crippen LogP) is 2.69. The van der Waals surface area contributed by atoms with Gasteiger partial charge in [-0.3, -0.25) is 9.59 Å². The number of hydrogen-bond donors (Lipinski definition) is 2. The van der Waals surface area contributed by atoms with E-state index in [4.69, 9.17) is 0 Å². The van der Waals surface area contributed by atoms with Crippen LogP contribution in [0.3, 0.4) is 0 Å². The second kappa shape index (κ2) is 7.10. The summed E-state index contributed by atoms with van der Waals surface area (Å²) < 4.78 is 39.2. The standard InChI is InChI=1S/C17H20FN3O4S/c1-9-15(11(3)22)10(2)19-16(9)17(23)20-12-6-7-13(18)14(8-12)26(24,25)21(4)5/h6-8H,1-5H3,(H2-,19,20,22,23,24,25). The minimum absolute atomic E-state index is 0.118. The maximum atomic E-state index is 13.9. The molecular weight excluding hydrogens is 361 g/mol. The van der Waals surface area contributed by atoms with E-state index in [-0.39, 0.29) is 17.2 Å². The number of H-pyrrole nitrogens is 1. The summed E-state index contributed by atoms with van der Waals surface area (Å²) in [6.07, 6.45) is 0. The monoisotopic (exact) mass is 381 g/mol. The zero-order valence-corrected chi connectivity index (χ0v) is 15.9. The number of nitrogens with one attached hydrogen (secondary N) is 2. The van der Waals surface area contributed by atoms with E-state index in [0.717, 1.165) is 16.4 Å². The number of benzene rings is 1. The number of halogens is 1. The summed E-state index contributed by atoms with van der Waals surface area (Å²) >= 11 is 0. The molecule has 1 aromatic heterocycles. The van der Waals surface area contributed by atoms with Crippen molar-refractivity contribution < 1.29 is 22.7 Å². The van der Waals surface area contributed by atoms with Crippen molar-refractivity contribution in [3.8, 4) is 0 Å². The highest BCUT2D eigenvalue weighted by atomic mass is 32.3. The number of amides is 1. The van der Waals surface area contributed by atoms with Crippen molar-refractivity contribution >= 4 is 27.8 Å². The van der Waals surface area contributed by atoms with Crippen LogP contribution in [0.25, 0.3) is 0 Å². The van der Waals surface area contributed by atoms with Gasteiger partial charge in [-0.2, -0.15) is 0 Å². The van der Waals surface area contributed by atoms with Gasteiger partial charge in [0.1, 0.15) is 5.69 Å². The molecule has 0 radical (unpaired) electrons. The topological polar surface area (TPSA) is 105 Å². The molecule has 0 aliphatic heterocycles. The molecule has 0 aliphatic carbocycles. The molecule has 26 heavy (non-hydrogen) atoms. The van der Waals surface area contributed by atoms with Gasteiger partial charge in [0.15, 0.2) is 22.0 Å². The average Bonchev–Trinajstić information content (AvgIpc) is 2.83. The molecule has 1 aromatic carbocycles. The van der Waals surface area contributed by atoms with Gasteiger partial charge in [0, 0.05) is 37.1 Å². The van der Waals surface area contributed by atoms with Crippen molar-refractivity contribution in [2.45, 2.75) is 25.7 Å². The van der Waals surface area contributed by atoms with Crippen molar-refractivity contribution in [2.75, 3.05) is 19.4 Å². The smallest absolute Gasteiger partial charge is 0.272 e. The van der Waals surface area contributed by atoms with Crippen LogP contribution in [0.4, 0.5) is 10.1 Å². The first-order valence-electron chi connectivity index (χ1n) is 7.70. The molecule has 1 amide bonds. The van der Waals surface area contributed by atoms with Gasteiger partial charge in [-0.15, -0.1) is 4.31 Å². The number of anilines is 1. The minimum Gasteiger partial charge on any atom is -0.593 e. The van der Waals surface area contributed by atoms with Gasteiger partial charge in [0.05, 0.1) is 0 Å². The number of aromatic amines is 1. The lowest BCUT2D eigenvalue weighted by atomic mass is 10.1. The van der Waals surface area contributed by atoms with Gasteiger partial charge in [-0.1, -0.05) is 4.21 Å². The van der Waals surface area contributed by atoms with Gasteiger partial charge in [-0.05, 0) is 38.5 Å². The van der Waals surface area contributed by atoms with E-state index >= 15 is 0 Å². The highest BCUT2D eigenvalue weighted by Crippen LogP contribution is 2.26. The van der Waals surface area contributed by atoms with Crippen LogP contribution < -0.4 is 5.32 Å².